The molecule has 6 atom stereocenters. The number of Topliss-reactive ketones (excluding diaryl/α,β-unsaturated/α-hetero) is 1. The molecule has 4 aliphatic rings. The summed E-state index contributed by atoms with van der Waals surface area (Å²) in [6, 6.07) is 0. The van der Waals surface area contributed by atoms with Crippen molar-refractivity contribution in [2.45, 2.75) is 46.0 Å². The fourth-order valence-corrected chi connectivity index (χ4v) is 5.94. The van der Waals surface area contributed by atoms with Crippen molar-refractivity contribution < 1.29 is 9.59 Å². The van der Waals surface area contributed by atoms with Crippen molar-refractivity contribution in [3.05, 3.63) is 24.3 Å². The van der Waals surface area contributed by atoms with Crippen molar-refractivity contribution >= 4 is 11.6 Å². The number of ketones is 2. The number of fused-ring (bicyclic) bond motifs is 5. The Balaban J connectivity index is 1.77. The molecule has 1 unspecified atom stereocenters. The number of hydrogen-bond acceptors (Lipinski definition) is 2. The molecule has 0 amide bonds. The highest BCUT2D eigenvalue weighted by molar-refractivity contribution is 6.43. The molecular weight excluding hydrogens is 260 g/mol. The van der Waals surface area contributed by atoms with E-state index in [0.717, 1.165) is 5.92 Å². The second-order valence-electron chi connectivity index (χ2n) is 8.17. The Bertz CT molecular complexity index is 572. The van der Waals surface area contributed by atoms with Gasteiger partial charge in [0.2, 0.25) is 11.6 Å². The van der Waals surface area contributed by atoms with E-state index in [9.17, 15) is 9.59 Å². The van der Waals surface area contributed by atoms with Gasteiger partial charge in [0.25, 0.3) is 0 Å². The van der Waals surface area contributed by atoms with Crippen LogP contribution in [0.1, 0.15) is 46.0 Å². The van der Waals surface area contributed by atoms with Gasteiger partial charge in [0.05, 0.1) is 5.92 Å². The number of carbonyl (C=O) groups is 2. The molecule has 2 saturated carbocycles. The standard InChI is InChI=1S/C19H24O2/c1-18-9-3-4-13(18)12-5-6-15-17(21)16(20)8-11-19(15,2)14(12)7-10-18/h5-6,8,11-15H,3-4,7,9-10H2,1-2H3/t12-,13-,14-,15?,18-,19+/m0/s1. The number of carbonyl (C=O) groups excluding carboxylic acids is 2. The Morgan fingerprint density at radius 1 is 1.05 bits per heavy atom. The van der Waals surface area contributed by atoms with Gasteiger partial charge in [0, 0.05) is 5.41 Å². The molecule has 0 aliphatic heterocycles. The van der Waals surface area contributed by atoms with E-state index in [0.29, 0.717) is 17.3 Å². The zero-order valence-electron chi connectivity index (χ0n) is 13.0. The molecule has 0 heterocycles. The minimum atomic E-state index is -0.318. The fraction of sp³-hybridized carbons (Fsp3) is 0.684. The molecule has 0 spiro atoms. The Morgan fingerprint density at radius 3 is 2.67 bits per heavy atom. The van der Waals surface area contributed by atoms with E-state index in [-0.39, 0.29) is 22.9 Å². The van der Waals surface area contributed by atoms with Gasteiger partial charge in [-0.05, 0) is 54.9 Å². The second kappa shape index (κ2) is 4.18. The largest absolute Gasteiger partial charge is 0.290 e. The van der Waals surface area contributed by atoms with E-state index in [4.69, 9.17) is 0 Å². The molecule has 4 rings (SSSR count). The van der Waals surface area contributed by atoms with E-state index in [1.807, 2.05) is 0 Å². The average Bonchev–Trinajstić information content (AvgIpc) is 2.85. The Labute approximate surface area is 126 Å². The normalized spacial score (nSPS) is 51.5. The van der Waals surface area contributed by atoms with E-state index < -0.39 is 0 Å². The molecule has 0 bridgehead atoms. The number of hydrogen-bond donors (Lipinski definition) is 0. The molecule has 0 aromatic rings. The van der Waals surface area contributed by atoms with Crippen LogP contribution in [0.25, 0.3) is 0 Å². The topological polar surface area (TPSA) is 34.1 Å². The monoisotopic (exact) mass is 284 g/mol. The lowest BCUT2D eigenvalue weighted by Gasteiger charge is -2.55. The first kappa shape index (κ1) is 13.5. The highest BCUT2D eigenvalue weighted by atomic mass is 16.2. The van der Waals surface area contributed by atoms with Gasteiger partial charge < -0.3 is 0 Å². The van der Waals surface area contributed by atoms with Crippen molar-refractivity contribution in [1.29, 1.82) is 0 Å². The minimum absolute atomic E-state index is 0.145. The molecule has 0 aromatic carbocycles. The van der Waals surface area contributed by atoms with Crippen molar-refractivity contribution in [2.24, 2.45) is 34.5 Å². The van der Waals surface area contributed by atoms with Gasteiger partial charge in [-0.1, -0.05) is 38.5 Å². The van der Waals surface area contributed by atoms with Crippen molar-refractivity contribution in [3.8, 4) is 0 Å². The SMILES string of the molecule is C[C@@]12CCC[C@H]1[C@@H]1C=CC3C(=O)C(=O)C=C[C@]3(C)[C@H]1CC2. The maximum absolute atomic E-state index is 12.3. The lowest BCUT2D eigenvalue weighted by atomic mass is 9.48. The van der Waals surface area contributed by atoms with Gasteiger partial charge in [0.1, 0.15) is 0 Å². The van der Waals surface area contributed by atoms with Crippen molar-refractivity contribution in [1.82, 2.24) is 0 Å². The molecule has 0 N–H and O–H groups in total. The maximum atomic E-state index is 12.3. The third-order valence-electron chi connectivity index (χ3n) is 7.23. The van der Waals surface area contributed by atoms with Crippen LogP contribution in [-0.2, 0) is 9.59 Å². The summed E-state index contributed by atoms with van der Waals surface area (Å²) in [5.41, 5.74) is 0.362. The lowest BCUT2D eigenvalue weighted by Crippen LogP contribution is -2.52. The summed E-state index contributed by atoms with van der Waals surface area (Å²) in [6.07, 6.45) is 14.5. The molecule has 2 heteroatoms. The molecular formula is C19H24O2. The third kappa shape index (κ3) is 1.65. The lowest BCUT2D eigenvalue weighted by molar-refractivity contribution is -0.140. The van der Waals surface area contributed by atoms with Crippen LogP contribution >= 0.6 is 0 Å². The summed E-state index contributed by atoms with van der Waals surface area (Å²) in [5, 5.41) is 0. The molecule has 0 saturated heterocycles. The molecule has 21 heavy (non-hydrogen) atoms. The molecule has 2 fully saturated rings. The zero-order chi connectivity index (χ0) is 14.8. The quantitative estimate of drug-likeness (QED) is 0.502. The van der Waals surface area contributed by atoms with Crippen LogP contribution in [0.2, 0.25) is 0 Å². The first-order valence-electron chi connectivity index (χ1n) is 8.41. The zero-order valence-corrected chi connectivity index (χ0v) is 13.0. The summed E-state index contributed by atoms with van der Waals surface area (Å²) < 4.78 is 0. The van der Waals surface area contributed by atoms with Gasteiger partial charge in [-0.3, -0.25) is 9.59 Å². The second-order valence-corrected chi connectivity index (χ2v) is 8.17. The van der Waals surface area contributed by atoms with Gasteiger partial charge >= 0.3 is 0 Å². The third-order valence-corrected chi connectivity index (χ3v) is 7.23. The number of rotatable bonds is 0. The first-order valence-corrected chi connectivity index (χ1v) is 8.41. The Morgan fingerprint density at radius 2 is 1.86 bits per heavy atom. The predicted octanol–water partition coefficient (Wildman–Crippen LogP) is 3.72. The summed E-state index contributed by atoms with van der Waals surface area (Å²) in [4.78, 5) is 24.0. The summed E-state index contributed by atoms with van der Waals surface area (Å²) in [7, 11) is 0. The van der Waals surface area contributed by atoms with E-state index >= 15 is 0 Å². The average molecular weight is 284 g/mol. The summed E-state index contributed by atoms with van der Waals surface area (Å²) in [6.45, 7) is 4.67. The van der Waals surface area contributed by atoms with Gasteiger partial charge in [-0.2, -0.15) is 0 Å². The van der Waals surface area contributed by atoms with Crippen molar-refractivity contribution in [2.75, 3.05) is 0 Å². The van der Waals surface area contributed by atoms with Gasteiger partial charge in [-0.25, -0.2) is 0 Å². The van der Waals surface area contributed by atoms with Crippen LogP contribution in [0.4, 0.5) is 0 Å². The summed E-state index contributed by atoms with van der Waals surface area (Å²) >= 11 is 0. The van der Waals surface area contributed by atoms with E-state index in [1.54, 1.807) is 0 Å². The molecule has 4 aliphatic carbocycles. The first-order chi connectivity index (χ1) is 9.96. The highest BCUT2D eigenvalue weighted by Crippen LogP contribution is 2.62. The molecule has 112 valence electrons. The van der Waals surface area contributed by atoms with E-state index in [1.165, 1.54) is 38.2 Å². The van der Waals surface area contributed by atoms with E-state index in [2.05, 4.69) is 32.1 Å². The van der Waals surface area contributed by atoms with Crippen LogP contribution in [0, 0.1) is 34.5 Å². The van der Waals surface area contributed by atoms with Crippen LogP contribution < -0.4 is 0 Å². The number of allylic oxidation sites excluding steroid dienone is 4. The molecule has 0 radical (unpaired) electrons. The van der Waals surface area contributed by atoms with Crippen molar-refractivity contribution in [3.63, 3.8) is 0 Å². The Hall–Kier alpha value is -1.18. The summed E-state index contributed by atoms with van der Waals surface area (Å²) in [5.74, 6) is 1.15. The van der Waals surface area contributed by atoms with Crippen LogP contribution in [-0.4, -0.2) is 11.6 Å². The smallest absolute Gasteiger partial charge is 0.221 e. The van der Waals surface area contributed by atoms with Crippen LogP contribution in [0.15, 0.2) is 24.3 Å². The predicted molar refractivity (Wildman–Crippen MR) is 81.6 cm³/mol. The Kier molecular flexibility index (Phi) is 2.68. The van der Waals surface area contributed by atoms with Gasteiger partial charge in [0.15, 0.2) is 0 Å². The fourth-order valence-electron chi connectivity index (χ4n) is 5.94. The highest BCUT2D eigenvalue weighted by Gasteiger charge is 2.57. The maximum Gasteiger partial charge on any atom is 0.221 e. The minimum Gasteiger partial charge on any atom is -0.290 e. The molecule has 0 aromatic heterocycles. The van der Waals surface area contributed by atoms with Gasteiger partial charge in [-0.15, -0.1) is 0 Å². The van der Waals surface area contributed by atoms with Crippen LogP contribution in [0.5, 0.6) is 0 Å². The van der Waals surface area contributed by atoms with Crippen LogP contribution in [0.3, 0.4) is 0 Å². The molecule has 2 nitrogen and oxygen atoms in total.